The summed E-state index contributed by atoms with van der Waals surface area (Å²) in [6.07, 6.45) is 0. The maximum atomic E-state index is 12.9. The zero-order valence-corrected chi connectivity index (χ0v) is 24.5. The summed E-state index contributed by atoms with van der Waals surface area (Å²) in [4.78, 5) is 25.5. The molecule has 2 heterocycles. The van der Waals surface area contributed by atoms with Crippen LogP contribution < -0.4 is 17.8 Å². The van der Waals surface area contributed by atoms with Gasteiger partial charge < -0.3 is 36.1 Å². The van der Waals surface area contributed by atoms with E-state index in [1.54, 1.807) is 6.92 Å². The van der Waals surface area contributed by atoms with Gasteiger partial charge in [-0.3, -0.25) is 9.11 Å². The molecule has 43 heavy (non-hydrogen) atoms. The maximum absolute atomic E-state index is 12.9. The van der Waals surface area contributed by atoms with Crippen molar-refractivity contribution in [3.05, 3.63) is 46.9 Å². The monoisotopic (exact) mass is 644 g/mol. The lowest BCUT2D eigenvalue weighted by atomic mass is 10.1. The third-order valence-electron chi connectivity index (χ3n) is 5.69. The zero-order chi connectivity index (χ0) is 31.7. The van der Waals surface area contributed by atoms with Crippen LogP contribution in [0.4, 0.5) is 0 Å². The van der Waals surface area contributed by atoms with Crippen molar-refractivity contribution >= 4 is 54.7 Å². The second-order valence-electron chi connectivity index (χ2n) is 8.48. The standard InChI is InChI=1S/C25H24O16S2/c1-5-35-24(26)22-12(3)38-15-10-20(41-43(31,32)33)18(7-13(15)22)37-11-21-23(25(27)36-6-2)14-8-19(40-42(28,29)30)17(34-4)9-16(14)39-21/h7-10H,5-6,11H2,1-4H3,(H,28,29,30)(H,31,32,33). The van der Waals surface area contributed by atoms with E-state index in [1.165, 1.54) is 33.1 Å². The Bertz CT molecular complexity index is 1930. The summed E-state index contributed by atoms with van der Waals surface area (Å²) in [5.74, 6) is -3.23. The Labute approximate surface area is 243 Å². The second-order valence-corrected chi connectivity index (χ2v) is 10.5. The number of ether oxygens (including phenoxy) is 4. The fourth-order valence-corrected chi connectivity index (χ4v) is 4.85. The van der Waals surface area contributed by atoms with E-state index in [0.717, 1.165) is 12.1 Å². The average Bonchev–Trinajstić information content (AvgIpc) is 3.40. The van der Waals surface area contributed by atoms with E-state index in [-0.39, 0.29) is 69.3 Å². The molecule has 4 aromatic rings. The number of carbonyl (C=O) groups excluding carboxylic acids is 2. The van der Waals surface area contributed by atoms with Gasteiger partial charge in [0, 0.05) is 22.9 Å². The van der Waals surface area contributed by atoms with Crippen molar-refractivity contribution in [2.45, 2.75) is 27.4 Å². The minimum atomic E-state index is -5.06. The average molecular weight is 645 g/mol. The summed E-state index contributed by atoms with van der Waals surface area (Å²) in [6, 6.07) is 4.50. The van der Waals surface area contributed by atoms with Gasteiger partial charge >= 0.3 is 32.7 Å². The van der Waals surface area contributed by atoms with Gasteiger partial charge in [0.1, 0.15) is 34.7 Å². The van der Waals surface area contributed by atoms with Gasteiger partial charge in [0.25, 0.3) is 0 Å². The van der Waals surface area contributed by atoms with Crippen LogP contribution in [0, 0.1) is 6.92 Å². The lowest BCUT2D eigenvalue weighted by Gasteiger charge is -2.11. The fourth-order valence-electron chi connectivity index (χ4n) is 4.14. The molecule has 0 fully saturated rings. The Balaban J connectivity index is 1.85. The molecule has 0 bridgehead atoms. The summed E-state index contributed by atoms with van der Waals surface area (Å²) in [5, 5.41) is 0.136. The largest absolute Gasteiger partial charge is 0.493 e. The van der Waals surface area contributed by atoms with Crippen LogP contribution in [0.3, 0.4) is 0 Å². The first-order valence-electron chi connectivity index (χ1n) is 12.2. The number of aryl methyl sites for hydroxylation is 1. The van der Waals surface area contributed by atoms with E-state index in [0.29, 0.717) is 0 Å². The third-order valence-corrected chi connectivity index (χ3v) is 6.47. The molecule has 0 aliphatic heterocycles. The minimum Gasteiger partial charge on any atom is -0.493 e. The summed E-state index contributed by atoms with van der Waals surface area (Å²) >= 11 is 0. The van der Waals surface area contributed by atoms with E-state index in [1.807, 2.05) is 0 Å². The van der Waals surface area contributed by atoms with E-state index >= 15 is 0 Å². The highest BCUT2D eigenvalue weighted by Crippen LogP contribution is 2.40. The van der Waals surface area contributed by atoms with Crippen LogP contribution in [0.1, 0.15) is 46.1 Å². The molecular formula is C25H24O16S2. The number of hydrogen-bond acceptors (Lipinski definition) is 14. The SMILES string of the molecule is CCOC(=O)c1c(C)oc2cc(OS(=O)(=O)O)c(OCc3oc4cc(OC)c(OS(=O)(=O)O)cc4c3C(=O)OCC)cc12. The molecule has 18 heteroatoms. The Morgan fingerprint density at radius 3 is 1.79 bits per heavy atom. The molecule has 2 aromatic carbocycles. The molecule has 0 aliphatic carbocycles. The van der Waals surface area contributed by atoms with E-state index in [9.17, 15) is 31.0 Å². The van der Waals surface area contributed by atoms with E-state index in [2.05, 4.69) is 8.37 Å². The molecule has 16 nitrogen and oxygen atoms in total. The van der Waals surface area contributed by atoms with Gasteiger partial charge in [-0.1, -0.05) is 0 Å². The van der Waals surface area contributed by atoms with Gasteiger partial charge in [0.2, 0.25) is 0 Å². The molecule has 0 atom stereocenters. The van der Waals surface area contributed by atoms with Crippen LogP contribution >= 0.6 is 0 Å². The molecule has 0 unspecified atom stereocenters. The molecule has 232 valence electrons. The lowest BCUT2D eigenvalue weighted by molar-refractivity contribution is 0.0514. The number of methoxy groups -OCH3 is 1. The lowest BCUT2D eigenvalue weighted by Crippen LogP contribution is -2.10. The Morgan fingerprint density at radius 2 is 1.23 bits per heavy atom. The van der Waals surface area contributed by atoms with Gasteiger partial charge in [0.15, 0.2) is 28.8 Å². The Morgan fingerprint density at radius 1 is 0.744 bits per heavy atom. The van der Waals surface area contributed by atoms with Crippen molar-refractivity contribution in [2.75, 3.05) is 20.3 Å². The third kappa shape index (κ3) is 6.94. The number of fused-ring (bicyclic) bond motifs is 2. The van der Waals surface area contributed by atoms with Crippen molar-refractivity contribution in [3.63, 3.8) is 0 Å². The molecule has 0 saturated carbocycles. The first-order valence-corrected chi connectivity index (χ1v) is 14.9. The fraction of sp³-hybridized carbons (Fsp3) is 0.280. The number of hydrogen-bond donors (Lipinski definition) is 2. The number of esters is 2. The Hall–Kier alpha value is -4.52. The maximum Gasteiger partial charge on any atom is 0.446 e. The number of benzene rings is 2. The Kier molecular flexibility index (Phi) is 8.76. The molecule has 2 aromatic heterocycles. The summed E-state index contributed by atoms with van der Waals surface area (Å²) < 4.78 is 106. The van der Waals surface area contributed by atoms with Crippen LogP contribution in [-0.2, 0) is 36.9 Å². The smallest absolute Gasteiger partial charge is 0.446 e. The van der Waals surface area contributed by atoms with Crippen molar-refractivity contribution in [1.82, 2.24) is 0 Å². The molecular weight excluding hydrogens is 620 g/mol. The van der Waals surface area contributed by atoms with Crippen molar-refractivity contribution in [1.29, 1.82) is 0 Å². The number of furan rings is 2. The molecule has 2 N–H and O–H groups in total. The normalized spacial score (nSPS) is 11.9. The summed E-state index contributed by atoms with van der Waals surface area (Å²) in [6.45, 7) is 4.01. The first-order chi connectivity index (χ1) is 20.2. The molecule has 4 rings (SSSR count). The molecule has 0 spiro atoms. The van der Waals surface area contributed by atoms with Gasteiger partial charge in [-0.2, -0.15) is 16.8 Å². The molecule has 0 radical (unpaired) electrons. The van der Waals surface area contributed by atoms with Crippen molar-refractivity contribution in [3.8, 4) is 23.0 Å². The first kappa shape index (κ1) is 31.4. The molecule has 0 amide bonds. The van der Waals surface area contributed by atoms with Gasteiger partial charge in [-0.05, 0) is 32.9 Å². The van der Waals surface area contributed by atoms with Crippen molar-refractivity contribution < 1.29 is 71.7 Å². The number of rotatable bonds is 12. The second kappa shape index (κ2) is 12.0. The van der Waals surface area contributed by atoms with Crippen LogP contribution in [0.5, 0.6) is 23.0 Å². The highest BCUT2D eigenvalue weighted by molar-refractivity contribution is 7.81. The number of carbonyl (C=O) groups is 2. The summed E-state index contributed by atoms with van der Waals surface area (Å²) in [5.41, 5.74) is -0.221. The minimum absolute atomic E-state index is 0.000892. The molecule has 0 saturated heterocycles. The topological polar surface area (TPSA) is 225 Å². The van der Waals surface area contributed by atoms with Gasteiger partial charge in [-0.25, -0.2) is 9.59 Å². The predicted molar refractivity (Wildman–Crippen MR) is 144 cm³/mol. The van der Waals surface area contributed by atoms with Gasteiger partial charge in [-0.15, -0.1) is 0 Å². The van der Waals surface area contributed by atoms with Gasteiger partial charge in [0.05, 0.1) is 20.3 Å². The van der Waals surface area contributed by atoms with Crippen LogP contribution in [-0.4, -0.2) is 58.2 Å². The van der Waals surface area contributed by atoms with Crippen LogP contribution in [0.25, 0.3) is 21.9 Å². The van der Waals surface area contributed by atoms with E-state index in [4.69, 9.17) is 32.3 Å². The van der Waals surface area contributed by atoms with Crippen LogP contribution in [0.15, 0.2) is 33.1 Å². The van der Waals surface area contributed by atoms with E-state index < -0.39 is 50.8 Å². The highest BCUT2D eigenvalue weighted by Gasteiger charge is 2.28. The molecule has 0 aliphatic rings. The highest BCUT2D eigenvalue weighted by atomic mass is 32.3. The zero-order valence-electron chi connectivity index (χ0n) is 22.9. The van der Waals surface area contributed by atoms with Crippen molar-refractivity contribution in [2.24, 2.45) is 0 Å². The summed E-state index contributed by atoms with van der Waals surface area (Å²) in [7, 11) is -8.86. The van der Waals surface area contributed by atoms with Crippen LogP contribution in [0.2, 0.25) is 0 Å². The predicted octanol–water partition coefficient (Wildman–Crippen LogP) is 3.79. The quantitative estimate of drug-likeness (QED) is 0.165.